The molecule has 0 spiro atoms. The zero-order valence-corrected chi connectivity index (χ0v) is 14.8. The maximum absolute atomic E-state index is 12.6. The maximum atomic E-state index is 12.6. The standard InChI is InChI=1S/C18H24N2O3S/c1-20-16-12-8-7-9-14(16)13-17(20)18(21)19-24(22,23)15-10-5-3-2-4-6-11-15/h7-9,12-13,15H,2-6,10-11H2,1H3,(H,19,21). The Kier molecular flexibility index (Phi) is 4.94. The fourth-order valence-electron chi connectivity index (χ4n) is 3.50. The van der Waals surface area contributed by atoms with Crippen LogP contribution in [-0.4, -0.2) is 24.1 Å². The molecule has 1 aliphatic rings. The summed E-state index contributed by atoms with van der Waals surface area (Å²) in [5.74, 6) is -0.546. The lowest BCUT2D eigenvalue weighted by Crippen LogP contribution is -2.39. The summed E-state index contributed by atoms with van der Waals surface area (Å²) in [7, 11) is -1.86. The van der Waals surface area contributed by atoms with Crippen molar-refractivity contribution >= 4 is 26.8 Å². The van der Waals surface area contributed by atoms with Gasteiger partial charge in [-0.05, 0) is 25.0 Å². The number of para-hydroxylation sites is 1. The Bertz CT molecular complexity index is 831. The number of benzene rings is 1. The van der Waals surface area contributed by atoms with E-state index in [4.69, 9.17) is 0 Å². The fourth-order valence-corrected chi connectivity index (χ4v) is 4.98. The third-order valence-electron chi connectivity index (χ3n) is 4.91. The second kappa shape index (κ2) is 6.97. The van der Waals surface area contributed by atoms with Gasteiger partial charge in [-0.3, -0.25) is 4.79 Å². The van der Waals surface area contributed by atoms with E-state index in [1.165, 1.54) is 6.42 Å². The summed E-state index contributed by atoms with van der Waals surface area (Å²) in [4.78, 5) is 12.5. The highest BCUT2D eigenvalue weighted by Crippen LogP contribution is 2.23. The van der Waals surface area contributed by atoms with Crippen molar-refractivity contribution in [3.8, 4) is 0 Å². The van der Waals surface area contributed by atoms with Crippen LogP contribution in [0.15, 0.2) is 30.3 Å². The first-order valence-electron chi connectivity index (χ1n) is 8.59. The van der Waals surface area contributed by atoms with Crippen molar-refractivity contribution < 1.29 is 13.2 Å². The lowest BCUT2D eigenvalue weighted by atomic mass is 10.0. The molecular formula is C18H24N2O3S. The molecule has 1 amide bonds. The second-order valence-electron chi connectivity index (χ2n) is 6.59. The molecule has 0 radical (unpaired) electrons. The maximum Gasteiger partial charge on any atom is 0.281 e. The molecule has 1 N–H and O–H groups in total. The van der Waals surface area contributed by atoms with Gasteiger partial charge in [0.05, 0.1) is 5.25 Å². The third kappa shape index (κ3) is 3.48. The number of carbonyl (C=O) groups excluding carboxylic acids is 1. The van der Waals surface area contributed by atoms with E-state index in [0.29, 0.717) is 18.5 Å². The van der Waals surface area contributed by atoms with Crippen molar-refractivity contribution in [2.45, 2.75) is 50.2 Å². The average molecular weight is 348 g/mol. The van der Waals surface area contributed by atoms with Crippen LogP contribution in [0.2, 0.25) is 0 Å². The quantitative estimate of drug-likeness (QED) is 0.925. The van der Waals surface area contributed by atoms with Crippen LogP contribution in [0.3, 0.4) is 0 Å². The van der Waals surface area contributed by atoms with Crippen LogP contribution >= 0.6 is 0 Å². The average Bonchev–Trinajstić information content (AvgIpc) is 2.84. The van der Waals surface area contributed by atoms with Gasteiger partial charge in [0.2, 0.25) is 10.0 Å². The molecule has 24 heavy (non-hydrogen) atoms. The van der Waals surface area contributed by atoms with Gasteiger partial charge in [-0.1, -0.05) is 50.3 Å². The first-order chi connectivity index (χ1) is 11.5. The van der Waals surface area contributed by atoms with E-state index in [1.807, 2.05) is 24.3 Å². The van der Waals surface area contributed by atoms with E-state index < -0.39 is 21.2 Å². The topological polar surface area (TPSA) is 68.2 Å². The number of nitrogens with zero attached hydrogens (tertiary/aromatic N) is 1. The molecule has 1 aromatic carbocycles. The third-order valence-corrected chi connectivity index (χ3v) is 6.73. The predicted molar refractivity (Wildman–Crippen MR) is 95.4 cm³/mol. The lowest BCUT2D eigenvalue weighted by Gasteiger charge is -2.20. The molecule has 1 fully saturated rings. The van der Waals surface area contributed by atoms with Gasteiger partial charge in [0.1, 0.15) is 5.69 Å². The Hall–Kier alpha value is -1.82. The summed E-state index contributed by atoms with van der Waals surface area (Å²) < 4.78 is 29.3. The van der Waals surface area contributed by atoms with E-state index in [2.05, 4.69) is 4.72 Å². The highest BCUT2D eigenvalue weighted by atomic mass is 32.2. The Morgan fingerprint density at radius 1 is 1.08 bits per heavy atom. The van der Waals surface area contributed by atoms with Crippen molar-refractivity contribution in [3.63, 3.8) is 0 Å². The number of hydrogen-bond donors (Lipinski definition) is 1. The van der Waals surface area contributed by atoms with E-state index >= 15 is 0 Å². The molecule has 1 heterocycles. The largest absolute Gasteiger partial charge is 0.340 e. The fraction of sp³-hybridized carbons (Fsp3) is 0.500. The van der Waals surface area contributed by atoms with E-state index in [9.17, 15) is 13.2 Å². The Labute approximate surface area is 143 Å². The number of fused-ring (bicyclic) bond motifs is 1. The van der Waals surface area contributed by atoms with Gasteiger partial charge in [0, 0.05) is 18.0 Å². The molecule has 6 heteroatoms. The van der Waals surface area contributed by atoms with Crippen LogP contribution in [0.4, 0.5) is 0 Å². The van der Waals surface area contributed by atoms with Crippen molar-refractivity contribution in [3.05, 3.63) is 36.0 Å². The van der Waals surface area contributed by atoms with Crippen LogP contribution in [0.1, 0.15) is 55.4 Å². The molecule has 130 valence electrons. The highest BCUT2D eigenvalue weighted by molar-refractivity contribution is 7.90. The first-order valence-corrected chi connectivity index (χ1v) is 10.1. The van der Waals surface area contributed by atoms with Gasteiger partial charge < -0.3 is 4.57 Å². The van der Waals surface area contributed by atoms with Crippen molar-refractivity contribution in [2.75, 3.05) is 0 Å². The van der Waals surface area contributed by atoms with Gasteiger partial charge >= 0.3 is 0 Å². The molecule has 0 atom stereocenters. The van der Waals surface area contributed by atoms with E-state index in [-0.39, 0.29) is 0 Å². The molecule has 3 rings (SSSR count). The van der Waals surface area contributed by atoms with Gasteiger partial charge in [0.25, 0.3) is 5.91 Å². The number of aryl methyl sites for hydroxylation is 1. The SMILES string of the molecule is Cn1c(C(=O)NS(=O)(=O)C2CCCCCCC2)cc2ccccc21. The normalized spacial score (nSPS) is 17.4. The summed E-state index contributed by atoms with van der Waals surface area (Å²) in [6, 6.07) is 9.35. The molecule has 2 aromatic rings. The minimum absolute atomic E-state index is 0.366. The monoisotopic (exact) mass is 348 g/mol. The molecule has 1 aliphatic carbocycles. The minimum Gasteiger partial charge on any atom is -0.340 e. The number of nitrogens with one attached hydrogen (secondary N) is 1. The highest BCUT2D eigenvalue weighted by Gasteiger charge is 2.28. The number of rotatable bonds is 3. The van der Waals surface area contributed by atoms with Gasteiger partial charge in [0.15, 0.2) is 0 Å². The molecule has 1 saturated carbocycles. The molecule has 1 aromatic heterocycles. The summed E-state index contributed by atoms with van der Waals surface area (Å²) in [5, 5.41) is 0.463. The van der Waals surface area contributed by atoms with Gasteiger partial charge in [-0.25, -0.2) is 13.1 Å². The summed E-state index contributed by atoms with van der Waals surface area (Å²) in [6.45, 7) is 0. The van der Waals surface area contributed by atoms with Crippen LogP contribution < -0.4 is 4.72 Å². The molecule has 0 saturated heterocycles. The minimum atomic E-state index is -3.64. The van der Waals surface area contributed by atoms with Crippen LogP contribution in [0.25, 0.3) is 10.9 Å². The zero-order chi connectivity index (χ0) is 17.2. The summed E-state index contributed by atoms with van der Waals surface area (Å²) in [6.07, 6.45) is 6.42. The molecule has 5 nitrogen and oxygen atoms in total. The number of hydrogen-bond acceptors (Lipinski definition) is 3. The molecule has 0 aliphatic heterocycles. The Morgan fingerprint density at radius 2 is 1.71 bits per heavy atom. The Morgan fingerprint density at radius 3 is 2.38 bits per heavy atom. The van der Waals surface area contributed by atoms with Crippen molar-refractivity contribution in [1.29, 1.82) is 0 Å². The van der Waals surface area contributed by atoms with Crippen LogP contribution in [0, 0.1) is 0 Å². The van der Waals surface area contributed by atoms with E-state index in [0.717, 1.165) is 36.6 Å². The van der Waals surface area contributed by atoms with Crippen molar-refractivity contribution in [2.24, 2.45) is 7.05 Å². The molecular weight excluding hydrogens is 324 g/mol. The molecule has 0 unspecified atom stereocenters. The number of aromatic nitrogens is 1. The number of amides is 1. The Balaban J connectivity index is 1.80. The number of sulfonamides is 1. The van der Waals surface area contributed by atoms with Crippen molar-refractivity contribution in [1.82, 2.24) is 9.29 Å². The molecule has 0 bridgehead atoms. The predicted octanol–water partition coefficient (Wildman–Crippen LogP) is 3.35. The van der Waals surface area contributed by atoms with Crippen LogP contribution in [0.5, 0.6) is 0 Å². The summed E-state index contributed by atoms with van der Waals surface area (Å²) >= 11 is 0. The summed E-state index contributed by atoms with van der Waals surface area (Å²) in [5.41, 5.74) is 1.27. The van der Waals surface area contributed by atoms with E-state index in [1.54, 1.807) is 17.7 Å². The lowest BCUT2D eigenvalue weighted by molar-refractivity contribution is 0.0973. The smallest absolute Gasteiger partial charge is 0.281 e. The van der Waals surface area contributed by atoms with Crippen LogP contribution in [-0.2, 0) is 17.1 Å². The zero-order valence-electron chi connectivity index (χ0n) is 14.0. The number of carbonyl (C=O) groups is 1. The van der Waals surface area contributed by atoms with Gasteiger partial charge in [-0.2, -0.15) is 0 Å². The second-order valence-corrected chi connectivity index (χ2v) is 8.55. The van der Waals surface area contributed by atoms with Gasteiger partial charge in [-0.15, -0.1) is 0 Å². The first kappa shape index (κ1) is 17.0.